The number of ether oxygens (including phenoxy) is 2. The molecule has 1 aromatic heterocycles. The average Bonchev–Trinajstić information content (AvgIpc) is 2.82. The van der Waals surface area contributed by atoms with Crippen LogP contribution in [-0.2, 0) is 19.4 Å². The first kappa shape index (κ1) is 26.2. The molecule has 35 heavy (non-hydrogen) atoms. The number of amides is 3. The van der Waals surface area contributed by atoms with E-state index in [9.17, 15) is 22.8 Å². The van der Waals surface area contributed by atoms with Crippen LogP contribution in [0.15, 0.2) is 24.3 Å². The van der Waals surface area contributed by atoms with Gasteiger partial charge >= 0.3 is 6.09 Å². The molecule has 3 rings (SSSR count). The van der Waals surface area contributed by atoms with Crippen molar-refractivity contribution in [2.75, 3.05) is 51.9 Å². The van der Waals surface area contributed by atoms with Crippen LogP contribution >= 0.6 is 0 Å². The maximum absolute atomic E-state index is 13.7. The van der Waals surface area contributed by atoms with Gasteiger partial charge in [0.15, 0.2) is 0 Å². The fourth-order valence-electron chi connectivity index (χ4n) is 4.16. The molecule has 1 aliphatic rings. The van der Waals surface area contributed by atoms with Crippen LogP contribution < -0.4 is 10.5 Å². The minimum atomic E-state index is -3.42. The summed E-state index contributed by atoms with van der Waals surface area (Å²) < 4.78 is 34.5. The summed E-state index contributed by atoms with van der Waals surface area (Å²) in [7, 11) is -2.04. The Hall–Kier alpha value is -3.41. The maximum atomic E-state index is 13.7. The van der Waals surface area contributed by atoms with E-state index in [1.54, 1.807) is 31.2 Å². The molecule has 2 aromatic rings. The zero-order valence-corrected chi connectivity index (χ0v) is 20.8. The van der Waals surface area contributed by atoms with Crippen LogP contribution in [0.1, 0.15) is 35.3 Å². The van der Waals surface area contributed by atoms with Crippen LogP contribution in [0.3, 0.4) is 0 Å². The minimum Gasteiger partial charge on any atom is -0.495 e. The molecule has 11 nitrogen and oxygen atoms in total. The number of hydrogen-bond acceptors (Lipinski definition) is 8. The number of nitrogens with two attached hydrogens (primary N) is 1. The van der Waals surface area contributed by atoms with Gasteiger partial charge in [-0.25, -0.2) is 13.2 Å². The third-order valence-corrected chi connectivity index (χ3v) is 6.82. The number of sulfone groups is 1. The van der Waals surface area contributed by atoms with Crippen LogP contribution in [-0.4, -0.2) is 93.0 Å². The highest BCUT2D eigenvalue weighted by atomic mass is 32.2. The first-order valence-electron chi connectivity index (χ1n) is 11.2. The van der Waals surface area contributed by atoms with Gasteiger partial charge in [-0.2, -0.15) is 0 Å². The van der Waals surface area contributed by atoms with Crippen molar-refractivity contribution in [3.63, 3.8) is 0 Å². The largest absolute Gasteiger partial charge is 0.495 e. The molecule has 12 heteroatoms. The summed E-state index contributed by atoms with van der Waals surface area (Å²) in [6, 6.07) is 6.94. The van der Waals surface area contributed by atoms with Gasteiger partial charge < -0.3 is 25.0 Å². The Labute approximate surface area is 204 Å². The van der Waals surface area contributed by atoms with Gasteiger partial charge in [-0.05, 0) is 25.5 Å². The van der Waals surface area contributed by atoms with E-state index in [-0.39, 0.29) is 62.0 Å². The summed E-state index contributed by atoms with van der Waals surface area (Å²) in [4.78, 5) is 45.9. The number of fused-ring (bicyclic) bond motifs is 1. The van der Waals surface area contributed by atoms with E-state index in [0.717, 1.165) is 6.26 Å². The average molecular weight is 507 g/mol. The molecule has 0 bridgehead atoms. The molecule has 0 spiro atoms. The summed E-state index contributed by atoms with van der Waals surface area (Å²) in [6.45, 7) is 2.94. The highest BCUT2D eigenvalue weighted by Crippen LogP contribution is 2.36. The Morgan fingerprint density at radius 3 is 2.31 bits per heavy atom. The third-order valence-electron chi connectivity index (χ3n) is 5.85. The van der Waals surface area contributed by atoms with E-state index in [1.807, 2.05) is 0 Å². The van der Waals surface area contributed by atoms with Gasteiger partial charge in [-0.3, -0.25) is 14.6 Å². The van der Waals surface area contributed by atoms with Crippen molar-refractivity contribution in [1.29, 1.82) is 0 Å². The fourth-order valence-corrected chi connectivity index (χ4v) is 4.82. The lowest BCUT2D eigenvalue weighted by Crippen LogP contribution is -2.52. The molecule has 0 aliphatic carbocycles. The lowest BCUT2D eigenvalue weighted by Gasteiger charge is -2.36. The lowest BCUT2D eigenvalue weighted by atomic mass is 9.93. The second kappa shape index (κ2) is 10.9. The molecule has 0 saturated carbocycles. The number of piperazine rings is 1. The number of aromatic nitrogens is 1. The summed E-state index contributed by atoms with van der Waals surface area (Å²) in [5.41, 5.74) is 6.21. The quantitative estimate of drug-likeness (QED) is 0.561. The van der Waals surface area contributed by atoms with Crippen molar-refractivity contribution in [2.24, 2.45) is 5.73 Å². The highest BCUT2D eigenvalue weighted by molar-refractivity contribution is 7.90. The van der Waals surface area contributed by atoms with Crippen molar-refractivity contribution >= 4 is 38.6 Å². The van der Waals surface area contributed by atoms with Crippen LogP contribution in [0.5, 0.6) is 5.75 Å². The normalized spacial score (nSPS) is 15.1. The second-order valence-electron chi connectivity index (χ2n) is 8.27. The predicted molar refractivity (Wildman–Crippen MR) is 129 cm³/mol. The van der Waals surface area contributed by atoms with Crippen LogP contribution in [0.25, 0.3) is 10.9 Å². The first-order chi connectivity index (χ1) is 16.6. The van der Waals surface area contributed by atoms with Crippen LogP contribution in [0, 0.1) is 0 Å². The third kappa shape index (κ3) is 5.99. The zero-order valence-electron chi connectivity index (χ0n) is 20.0. The first-order valence-corrected chi connectivity index (χ1v) is 13.3. The van der Waals surface area contributed by atoms with Crippen LogP contribution in [0.2, 0.25) is 0 Å². The van der Waals surface area contributed by atoms with Gasteiger partial charge in [-0.1, -0.05) is 12.1 Å². The fraction of sp³-hybridized carbons (Fsp3) is 0.478. The molecule has 0 radical (unpaired) electrons. The number of benzene rings is 1. The summed E-state index contributed by atoms with van der Waals surface area (Å²) in [5.74, 6) is -2.40. The summed E-state index contributed by atoms with van der Waals surface area (Å²) in [6.07, 6.45) is 0.533. The Balaban J connectivity index is 2.03. The van der Waals surface area contributed by atoms with E-state index in [4.69, 9.17) is 15.2 Å². The molecule has 2 N–H and O–H groups in total. The van der Waals surface area contributed by atoms with Gasteiger partial charge in [0.2, 0.25) is 5.91 Å². The molecule has 3 amide bonds. The number of para-hydroxylation sites is 1. The number of primary amides is 1. The molecule has 1 saturated heterocycles. The molecule has 1 atom stereocenters. The van der Waals surface area contributed by atoms with Gasteiger partial charge in [0.1, 0.15) is 21.2 Å². The molecule has 1 unspecified atom stereocenters. The van der Waals surface area contributed by atoms with E-state index in [0.29, 0.717) is 10.9 Å². The maximum Gasteiger partial charge on any atom is 0.409 e. The molecule has 190 valence electrons. The molecular weight excluding hydrogens is 476 g/mol. The second-order valence-corrected chi connectivity index (χ2v) is 10.5. The molecule has 1 aliphatic heterocycles. The number of rotatable bonds is 8. The Morgan fingerprint density at radius 2 is 1.74 bits per heavy atom. The number of pyridine rings is 1. The van der Waals surface area contributed by atoms with Gasteiger partial charge in [0.25, 0.3) is 5.91 Å². The Bertz CT molecular complexity index is 1220. The monoisotopic (exact) mass is 506 g/mol. The topological polar surface area (TPSA) is 149 Å². The number of carbonyl (C=O) groups is 3. The van der Waals surface area contributed by atoms with E-state index in [2.05, 4.69) is 4.98 Å². The van der Waals surface area contributed by atoms with Crippen molar-refractivity contribution in [3.8, 4) is 5.75 Å². The number of carbonyl (C=O) groups excluding carboxylic acids is 3. The summed E-state index contributed by atoms with van der Waals surface area (Å²) >= 11 is 0. The van der Waals surface area contributed by atoms with E-state index < -0.39 is 33.7 Å². The molecule has 2 heterocycles. The number of hydrogen-bond donors (Lipinski definition) is 1. The van der Waals surface area contributed by atoms with Crippen molar-refractivity contribution < 1.29 is 32.3 Å². The number of nitrogens with zero attached hydrogens (tertiary/aromatic N) is 3. The van der Waals surface area contributed by atoms with E-state index in [1.165, 1.54) is 16.9 Å². The Morgan fingerprint density at radius 1 is 1.11 bits per heavy atom. The highest BCUT2D eigenvalue weighted by Gasteiger charge is 2.35. The van der Waals surface area contributed by atoms with Crippen molar-refractivity contribution in [2.45, 2.75) is 19.3 Å². The molecular formula is C23H30N4O7S. The smallest absolute Gasteiger partial charge is 0.409 e. The van der Waals surface area contributed by atoms with Crippen molar-refractivity contribution in [3.05, 3.63) is 35.5 Å². The number of methoxy groups -OCH3 is 1. The molecule has 1 fully saturated rings. The van der Waals surface area contributed by atoms with Crippen molar-refractivity contribution in [1.82, 2.24) is 14.8 Å². The van der Waals surface area contributed by atoms with E-state index >= 15 is 0 Å². The standard InChI is InChI=1S/C23H30N4O7S/c1-4-34-23(30)27-12-10-26(11-13-27)22(29)16(9-14-35(3,31)32)19-18(21(24)28)20(33-2)15-7-5-6-8-17(15)25-19/h5-8,16H,4,9-14H2,1-3H3,(H2,24,28). The van der Waals surface area contributed by atoms with Gasteiger partial charge in [0.05, 0.1) is 36.6 Å². The zero-order chi connectivity index (χ0) is 25.8. The minimum absolute atomic E-state index is 0.0526. The summed E-state index contributed by atoms with van der Waals surface area (Å²) in [5, 5.41) is 0.546. The van der Waals surface area contributed by atoms with Crippen LogP contribution in [0.4, 0.5) is 4.79 Å². The SMILES string of the molecule is CCOC(=O)N1CCN(C(=O)C(CCS(C)(=O)=O)c2nc3ccccc3c(OC)c2C(N)=O)CC1. The van der Waals surface area contributed by atoms with Gasteiger partial charge in [-0.15, -0.1) is 0 Å². The Kier molecular flexibility index (Phi) is 8.15. The lowest BCUT2D eigenvalue weighted by molar-refractivity contribution is -0.134. The predicted octanol–water partition coefficient (Wildman–Crippen LogP) is 1.16. The van der Waals surface area contributed by atoms with Gasteiger partial charge in [0, 0.05) is 37.8 Å². The molecule has 1 aromatic carbocycles.